The molecule has 0 radical (unpaired) electrons. The molecule has 3 N–H and O–H groups in total. The molecule has 1 aromatic carbocycles. The second-order valence-corrected chi connectivity index (χ2v) is 7.11. The summed E-state index contributed by atoms with van der Waals surface area (Å²) < 4.78 is 41.8. The Morgan fingerprint density at radius 2 is 2.07 bits per heavy atom. The number of hydrogen-bond donors (Lipinski definition) is 2. The Balaban J connectivity index is 1.80. The van der Waals surface area contributed by atoms with Crippen LogP contribution >= 0.6 is 0 Å². The molecule has 0 saturated heterocycles. The molecule has 2 heterocycles. The number of pyridine rings is 1. The van der Waals surface area contributed by atoms with Gasteiger partial charge in [0.05, 0.1) is 10.5 Å². The van der Waals surface area contributed by atoms with Gasteiger partial charge in [-0.1, -0.05) is 11.2 Å². The lowest BCUT2D eigenvalue weighted by molar-refractivity contribution is 0.0928. The number of primary sulfonamides is 1. The van der Waals surface area contributed by atoms with Crippen molar-refractivity contribution in [3.8, 4) is 11.5 Å². The number of amides is 1. The standard InChI is InChI=1S/C16H14FN5O4S/c1-9(16-21-14(22-26-16)13-4-2-3-7-19-13)20-15(23)11-8-10(27(18,24)25)5-6-12(11)17/h2-9H,1H3,(H,20,23)(H2,18,24,25)/t9-/m0/s1. The predicted octanol–water partition coefficient (Wildman–Crippen LogP) is 1.41. The van der Waals surface area contributed by atoms with Crippen molar-refractivity contribution in [2.24, 2.45) is 5.14 Å². The van der Waals surface area contributed by atoms with Crippen LogP contribution in [0.4, 0.5) is 4.39 Å². The smallest absolute Gasteiger partial charge is 0.254 e. The zero-order valence-corrected chi connectivity index (χ0v) is 14.8. The van der Waals surface area contributed by atoms with E-state index in [1.54, 1.807) is 31.3 Å². The van der Waals surface area contributed by atoms with E-state index in [1.165, 1.54) is 0 Å². The van der Waals surface area contributed by atoms with Gasteiger partial charge in [-0.15, -0.1) is 0 Å². The number of nitrogens with one attached hydrogen (secondary N) is 1. The van der Waals surface area contributed by atoms with Crippen LogP contribution in [0.5, 0.6) is 0 Å². The summed E-state index contributed by atoms with van der Waals surface area (Å²) in [6.45, 7) is 1.55. The molecule has 0 aliphatic rings. The number of nitrogens with zero attached hydrogens (tertiary/aromatic N) is 3. The van der Waals surface area contributed by atoms with Crippen LogP contribution in [-0.4, -0.2) is 29.4 Å². The molecule has 27 heavy (non-hydrogen) atoms. The second-order valence-electron chi connectivity index (χ2n) is 5.55. The van der Waals surface area contributed by atoms with Gasteiger partial charge in [0.1, 0.15) is 17.6 Å². The summed E-state index contributed by atoms with van der Waals surface area (Å²) in [5, 5.41) is 11.3. The van der Waals surface area contributed by atoms with Gasteiger partial charge in [-0.3, -0.25) is 9.78 Å². The first kappa shape index (κ1) is 18.6. The van der Waals surface area contributed by atoms with Crippen molar-refractivity contribution >= 4 is 15.9 Å². The molecule has 0 fully saturated rings. The summed E-state index contributed by atoms with van der Waals surface area (Å²) in [7, 11) is -4.08. The summed E-state index contributed by atoms with van der Waals surface area (Å²) in [5.74, 6) is -1.45. The van der Waals surface area contributed by atoms with Crippen molar-refractivity contribution in [2.75, 3.05) is 0 Å². The average Bonchev–Trinajstić information content (AvgIpc) is 3.12. The summed E-state index contributed by atoms with van der Waals surface area (Å²) in [6.07, 6.45) is 1.57. The molecule has 1 amide bonds. The third kappa shape index (κ3) is 4.15. The highest BCUT2D eigenvalue weighted by molar-refractivity contribution is 7.89. The molecule has 2 aromatic heterocycles. The summed E-state index contributed by atoms with van der Waals surface area (Å²) >= 11 is 0. The number of carbonyl (C=O) groups is 1. The fraction of sp³-hybridized carbons (Fsp3) is 0.125. The first-order valence-electron chi connectivity index (χ1n) is 7.64. The van der Waals surface area contributed by atoms with Crippen molar-refractivity contribution in [3.05, 3.63) is 59.9 Å². The van der Waals surface area contributed by atoms with E-state index in [9.17, 15) is 17.6 Å². The molecule has 0 aliphatic carbocycles. The third-order valence-corrected chi connectivity index (χ3v) is 4.48. The Bertz CT molecular complexity index is 1090. The average molecular weight is 391 g/mol. The minimum absolute atomic E-state index is 0.0759. The normalized spacial score (nSPS) is 12.6. The van der Waals surface area contributed by atoms with E-state index in [-0.39, 0.29) is 16.6 Å². The number of carbonyl (C=O) groups excluding carboxylic acids is 1. The van der Waals surface area contributed by atoms with Crippen LogP contribution in [0.15, 0.2) is 52.0 Å². The van der Waals surface area contributed by atoms with Gasteiger partial charge in [0.25, 0.3) is 5.91 Å². The van der Waals surface area contributed by atoms with Crippen LogP contribution in [0.3, 0.4) is 0 Å². The number of nitrogens with two attached hydrogens (primary N) is 1. The van der Waals surface area contributed by atoms with E-state index >= 15 is 0 Å². The molecular formula is C16H14FN5O4S. The van der Waals surface area contributed by atoms with Gasteiger partial charge in [-0.25, -0.2) is 17.9 Å². The fourth-order valence-corrected chi connectivity index (χ4v) is 2.74. The van der Waals surface area contributed by atoms with E-state index < -0.39 is 33.4 Å². The highest BCUT2D eigenvalue weighted by Gasteiger charge is 2.22. The van der Waals surface area contributed by atoms with Crippen molar-refractivity contribution in [3.63, 3.8) is 0 Å². The zero-order chi connectivity index (χ0) is 19.6. The monoisotopic (exact) mass is 391 g/mol. The Morgan fingerprint density at radius 3 is 2.74 bits per heavy atom. The lowest BCUT2D eigenvalue weighted by Gasteiger charge is -2.11. The van der Waals surface area contributed by atoms with Gasteiger partial charge < -0.3 is 9.84 Å². The number of rotatable bonds is 5. The maximum atomic E-state index is 13.9. The minimum Gasteiger partial charge on any atom is -0.340 e. The van der Waals surface area contributed by atoms with Gasteiger partial charge in [0.2, 0.25) is 21.7 Å². The molecular weight excluding hydrogens is 377 g/mol. The molecule has 9 nitrogen and oxygen atoms in total. The predicted molar refractivity (Wildman–Crippen MR) is 91.2 cm³/mol. The summed E-state index contributed by atoms with van der Waals surface area (Å²) in [4.78, 5) is 20.2. The van der Waals surface area contributed by atoms with Crippen LogP contribution in [0.25, 0.3) is 11.5 Å². The van der Waals surface area contributed by atoms with Gasteiger partial charge in [0.15, 0.2) is 0 Å². The largest absolute Gasteiger partial charge is 0.340 e. The highest BCUT2D eigenvalue weighted by Crippen LogP contribution is 2.18. The number of benzene rings is 1. The lowest BCUT2D eigenvalue weighted by atomic mass is 10.2. The number of aromatic nitrogens is 3. The Morgan fingerprint density at radius 1 is 1.30 bits per heavy atom. The van der Waals surface area contributed by atoms with E-state index in [4.69, 9.17) is 9.66 Å². The zero-order valence-electron chi connectivity index (χ0n) is 14.0. The van der Waals surface area contributed by atoms with E-state index in [1.807, 2.05) is 0 Å². The van der Waals surface area contributed by atoms with E-state index in [0.717, 1.165) is 18.2 Å². The fourth-order valence-electron chi connectivity index (χ4n) is 2.20. The van der Waals surface area contributed by atoms with Crippen LogP contribution in [0.1, 0.15) is 29.2 Å². The Hall–Kier alpha value is -3.18. The number of halogens is 1. The molecule has 3 aromatic rings. The molecule has 0 spiro atoms. The Kier molecular flexibility index (Phi) is 4.97. The number of sulfonamides is 1. The van der Waals surface area contributed by atoms with Crippen LogP contribution in [-0.2, 0) is 10.0 Å². The van der Waals surface area contributed by atoms with Crippen LogP contribution in [0.2, 0.25) is 0 Å². The molecule has 11 heteroatoms. The molecule has 140 valence electrons. The molecule has 0 bridgehead atoms. The first-order valence-corrected chi connectivity index (χ1v) is 9.18. The highest BCUT2D eigenvalue weighted by atomic mass is 32.2. The second kappa shape index (κ2) is 7.21. The topological polar surface area (TPSA) is 141 Å². The first-order chi connectivity index (χ1) is 12.8. The van der Waals surface area contributed by atoms with Crippen molar-refractivity contribution in [1.82, 2.24) is 20.4 Å². The molecule has 3 rings (SSSR count). The van der Waals surface area contributed by atoms with Gasteiger partial charge in [-0.2, -0.15) is 4.98 Å². The maximum Gasteiger partial charge on any atom is 0.254 e. The Labute approximate surface area is 153 Å². The van der Waals surface area contributed by atoms with Crippen LogP contribution < -0.4 is 10.5 Å². The molecule has 0 aliphatic heterocycles. The third-order valence-electron chi connectivity index (χ3n) is 3.56. The van der Waals surface area contributed by atoms with E-state index in [0.29, 0.717) is 5.69 Å². The quantitative estimate of drug-likeness (QED) is 0.670. The summed E-state index contributed by atoms with van der Waals surface area (Å²) in [6, 6.07) is 7.10. The van der Waals surface area contributed by atoms with Crippen molar-refractivity contribution in [2.45, 2.75) is 17.9 Å². The van der Waals surface area contributed by atoms with Gasteiger partial charge in [-0.05, 0) is 37.3 Å². The van der Waals surface area contributed by atoms with Gasteiger partial charge >= 0.3 is 0 Å². The van der Waals surface area contributed by atoms with Crippen LogP contribution in [0, 0.1) is 5.82 Å². The van der Waals surface area contributed by atoms with Crippen molar-refractivity contribution < 1.29 is 22.1 Å². The molecule has 1 atom stereocenters. The van der Waals surface area contributed by atoms with E-state index in [2.05, 4.69) is 20.4 Å². The maximum absolute atomic E-state index is 13.9. The number of hydrogen-bond acceptors (Lipinski definition) is 7. The molecule has 0 unspecified atom stereocenters. The SMILES string of the molecule is C[C@H](NC(=O)c1cc(S(N)(=O)=O)ccc1F)c1nc(-c2ccccn2)no1. The van der Waals surface area contributed by atoms with Gasteiger partial charge in [0, 0.05) is 6.20 Å². The van der Waals surface area contributed by atoms with Crippen molar-refractivity contribution in [1.29, 1.82) is 0 Å². The molecule has 0 saturated carbocycles. The lowest BCUT2D eigenvalue weighted by Crippen LogP contribution is -2.28. The minimum atomic E-state index is -4.08. The summed E-state index contributed by atoms with van der Waals surface area (Å²) in [5.41, 5.74) is 0.00997.